The number of aromatic nitrogens is 2. The molecule has 2 fully saturated rings. The Labute approximate surface area is 128 Å². The lowest BCUT2D eigenvalue weighted by atomic mass is 10.0. The molecule has 2 aliphatic rings. The lowest BCUT2D eigenvalue weighted by Crippen LogP contribution is -2.22. The largest absolute Gasteiger partial charge is 0.324 e. The number of hydrogen-bond donors (Lipinski definition) is 1. The first-order chi connectivity index (χ1) is 10.2. The van der Waals surface area contributed by atoms with Gasteiger partial charge in [0, 0.05) is 18.3 Å². The van der Waals surface area contributed by atoms with Crippen molar-refractivity contribution < 1.29 is 4.79 Å². The van der Waals surface area contributed by atoms with Crippen LogP contribution < -0.4 is 5.32 Å². The van der Waals surface area contributed by atoms with Crippen molar-refractivity contribution in [2.75, 3.05) is 5.32 Å². The number of carbonyl (C=O) groups excluding carboxylic acids is 1. The van der Waals surface area contributed by atoms with E-state index in [1.54, 1.807) is 12.5 Å². The minimum absolute atomic E-state index is 0.117. The molecule has 1 amide bonds. The maximum absolute atomic E-state index is 12.4. The zero-order chi connectivity index (χ0) is 14.4. The van der Waals surface area contributed by atoms with Gasteiger partial charge in [-0.15, -0.1) is 0 Å². The van der Waals surface area contributed by atoms with E-state index in [1.807, 2.05) is 29.0 Å². The molecular formula is C16H16ClN3O. The van der Waals surface area contributed by atoms with Crippen LogP contribution in [0.3, 0.4) is 0 Å². The second kappa shape index (κ2) is 4.88. The molecule has 2 saturated carbocycles. The molecule has 1 N–H and O–H groups in total. The number of rotatable bonds is 3. The summed E-state index contributed by atoms with van der Waals surface area (Å²) in [4.78, 5) is 16.5. The molecule has 108 valence electrons. The van der Waals surface area contributed by atoms with E-state index in [9.17, 15) is 4.79 Å². The van der Waals surface area contributed by atoms with Crippen LogP contribution in [0.1, 0.15) is 19.3 Å². The standard InChI is InChI=1S/C16H16ClN3O/c17-13-2-1-3-14(15(13)20-5-4-18-9-20)19-16(21)12-7-10-6-11(10)8-12/h1-5,9-12H,6-8H2,(H,19,21). The second-order valence-corrected chi connectivity index (χ2v) is 6.43. The normalized spacial score (nSPS) is 26.4. The van der Waals surface area contributed by atoms with E-state index in [-0.39, 0.29) is 11.8 Å². The van der Waals surface area contributed by atoms with Gasteiger partial charge in [-0.3, -0.25) is 4.79 Å². The SMILES string of the molecule is O=C(Nc1cccc(Cl)c1-n1ccnc1)C1CC2CC2C1. The highest BCUT2D eigenvalue weighted by Gasteiger charge is 2.48. The number of anilines is 1. The van der Waals surface area contributed by atoms with Crippen LogP contribution in [0.4, 0.5) is 5.69 Å². The number of imidazole rings is 1. The summed E-state index contributed by atoms with van der Waals surface area (Å²) in [5, 5.41) is 3.65. The van der Waals surface area contributed by atoms with Gasteiger partial charge in [0.2, 0.25) is 5.91 Å². The highest BCUT2D eigenvalue weighted by atomic mass is 35.5. The van der Waals surface area contributed by atoms with Crippen LogP contribution in [0.2, 0.25) is 5.02 Å². The molecule has 2 aliphatic carbocycles. The highest BCUT2D eigenvalue weighted by Crippen LogP contribution is 2.54. The van der Waals surface area contributed by atoms with Crippen LogP contribution in [-0.2, 0) is 4.79 Å². The average Bonchev–Trinajstić information content (AvgIpc) is 2.91. The Balaban J connectivity index is 1.60. The van der Waals surface area contributed by atoms with Crippen LogP contribution in [0.15, 0.2) is 36.9 Å². The average molecular weight is 302 g/mol. The molecule has 4 nitrogen and oxygen atoms in total. The van der Waals surface area contributed by atoms with Gasteiger partial charge in [-0.25, -0.2) is 4.98 Å². The van der Waals surface area contributed by atoms with Crippen molar-refractivity contribution in [1.29, 1.82) is 0 Å². The van der Waals surface area contributed by atoms with E-state index in [4.69, 9.17) is 11.6 Å². The quantitative estimate of drug-likeness (QED) is 0.943. The number of para-hydroxylation sites is 1. The first kappa shape index (κ1) is 12.9. The third-order valence-electron chi connectivity index (χ3n) is 4.62. The number of nitrogens with one attached hydrogen (secondary N) is 1. The molecule has 0 aliphatic heterocycles. The number of amides is 1. The second-order valence-electron chi connectivity index (χ2n) is 6.02. The molecule has 1 aromatic carbocycles. The first-order valence-electron chi connectivity index (χ1n) is 7.30. The summed E-state index contributed by atoms with van der Waals surface area (Å²) < 4.78 is 1.82. The number of hydrogen-bond acceptors (Lipinski definition) is 2. The van der Waals surface area contributed by atoms with Crippen molar-refractivity contribution >= 4 is 23.2 Å². The monoisotopic (exact) mass is 301 g/mol. The van der Waals surface area contributed by atoms with Gasteiger partial charge in [0.1, 0.15) is 0 Å². The zero-order valence-electron chi connectivity index (χ0n) is 11.5. The predicted molar refractivity (Wildman–Crippen MR) is 81.5 cm³/mol. The molecule has 0 bridgehead atoms. The van der Waals surface area contributed by atoms with Gasteiger partial charge in [0.25, 0.3) is 0 Å². The summed E-state index contributed by atoms with van der Waals surface area (Å²) in [5.74, 6) is 1.87. The zero-order valence-corrected chi connectivity index (χ0v) is 12.3. The maximum Gasteiger partial charge on any atom is 0.227 e. The fraction of sp³-hybridized carbons (Fsp3) is 0.375. The van der Waals surface area contributed by atoms with Crippen molar-refractivity contribution in [3.8, 4) is 5.69 Å². The van der Waals surface area contributed by atoms with Gasteiger partial charge in [0.05, 0.1) is 22.7 Å². The maximum atomic E-state index is 12.4. The van der Waals surface area contributed by atoms with Gasteiger partial charge in [-0.1, -0.05) is 17.7 Å². The summed E-state index contributed by atoms with van der Waals surface area (Å²) in [6, 6.07) is 5.55. The molecule has 4 rings (SSSR count). The van der Waals surface area contributed by atoms with Crippen molar-refractivity contribution in [2.24, 2.45) is 17.8 Å². The molecule has 2 aromatic rings. The van der Waals surface area contributed by atoms with Crippen molar-refractivity contribution in [2.45, 2.75) is 19.3 Å². The summed E-state index contributed by atoms with van der Waals surface area (Å²) in [5.41, 5.74) is 1.51. The molecule has 0 radical (unpaired) electrons. The van der Waals surface area contributed by atoms with Gasteiger partial charge in [-0.2, -0.15) is 0 Å². The van der Waals surface area contributed by atoms with Gasteiger partial charge >= 0.3 is 0 Å². The van der Waals surface area contributed by atoms with Crippen LogP contribution in [0, 0.1) is 17.8 Å². The van der Waals surface area contributed by atoms with E-state index in [1.165, 1.54) is 6.42 Å². The molecule has 2 unspecified atom stereocenters. The molecule has 1 aromatic heterocycles. The molecule has 2 atom stereocenters. The number of fused-ring (bicyclic) bond motifs is 1. The van der Waals surface area contributed by atoms with E-state index in [2.05, 4.69) is 10.3 Å². The van der Waals surface area contributed by atoms with E-state index in [0.29, 0.717) is 5.02 Å². The molecular weight excluding hydrogens is 286 g/mol. The van der Waals surface area contributed by atoms with Crippen LogP contribution in [-0.4, -0.2) is 15.5 Å². The van der Waals surface area contributed by atoms with Crippen LogP contribution in [0.5, 0.6) is 0 Å². The predicted octanol–water partition coefficient (Wildman–Crippen LogP) is 3.51. The van der Waals surface area contributed by atoms with Gasteiger partial charge in [0.15, 0.2) is 0 Å². The number of benzene rings is 1. The fourth-order valence-electron chi connectivity index (χ4n) is 3.43. The number of carbonyl (C=O) groups is 1. The van der Waals surface area contributed by atoms with Gasteiger partial charge < -0.3 is 9.88 Å². The minimum Gasteiger partial charge on any atom is -0.324 e. The Kier molecular flexibility index (Phi) is 3.00. The van der Waals surface area contributed by atoms with Crippen LogP contribution >= 0.6 is 11.6 Å². The Bertz CT molecular complexity index is 673. The fourth-order valence-corrected chi connectivity index (χ4v) is 3.71. The summed E-state index contributed by atoms with van der Waals surface area (Å²) in [6.45, 7) is 0. The third-order valence-corrected chi connectivity index (χ3v) is 4.93. The van der Waals surface area contributed by atoms with Crippen molar-refractivity contribution in [3.05, 3.63) is 41.9 Å². The Morgan fingerprint density at radius 1 is 1.29 bits per heavy atom. The minimum atomic E-state index is 0.117. The molecule has 21 heavy (non-hydrogen) atoms. The Morgan fingerprint density at radius 2 is 2.10 bits per heavy atom. The van der Waals surface area contributed by atoms with Crippen molar-refractivity contribution in [3.63, 3.8) is 0 Å². The van der Waals surface area contributed by atoms with E-state index < -0.39 is 0 Å². The first-order valence-corrected chi connectivity index (χ1v) is 7.68. The molecule has 1 heterocycles. The molecule has 0 spiro atoms. The van der Waals surface area contributed by atoms with E-state index in [0.717, 1.165) is 36.1 Å². The summed E-state index contributed by atoms with van der Waals surface area (Å²) in [6.07, 6.45) is 8.60. The lowest BCUT2D eigenvalue weighted by molar-refractivity contribution is -0.120. The van der Waals surface area contributed by atoms with Gasteiger partial charge in [-0.05, 0) is 43.2 Å². The summed E-state index contributed by atoms with van der Waals surface area (Å²) in [7, 11) is 0. The van der Waals surface area contributed by atoms with Crippen molar-refractivity contribution in [1.82, 2.24) is 9.55 Å². The Morgan fingerprint density at radius 3 is 2.81 bits per heavy atom. The molecule has 5 heteroatoms. The number of nitrogens with zero attached hydrogens (tertiary/aromatic N) is 2. The third kappa shape index (κ3) is 2.33. The molecule has 0 saturated heterocycles. The van der Waals surface area contributed by atoms with E-state index >= 15 is 0 Å². The van der Waals surface area contributed by atoms with Crippen LogP contribution in [0.25, 0.3) is 5.69 Å². The highest BCUT2D eigenvalue weighted by molar-refractivity contribution is 6.33. The number of halogens is 1. The Hall–Kier alpha value is -1.81. The smallest absolute Gasteiger partial charge is 0.227 e. The lowest BCUT2D eigenvalue weighted by Gasteiger charge is -2.16. The topological polar surface area (TPSA) is 46.9 Å². The summed E-state index contributed by atoms with van der Waals surface area (Å²) >= 11 is 6.29.